The van der Waals surface area contributed by atoms with Gasteiger partial charge in [-0.1, -0.05) is 12.1 Å². The first-order valence-electron chi connectivity index (χ1n) is 6.15. The fourth-order valence-electron chi connectivity index (χ4n) is 1.86. The normalized spacial score (nSPS) is 10.3. The first kappa shape index (κ1) is 13.1. The minimum Gasteiger partial charge on any atom is -0.478 e. The van der Waals surface area contributed by atoms with Crippen molar-refractivity contribution in [3.05, 3.63) is 58.7 Å². The zero-order chi connectivity index (χ0) is 14.0. The summed E-state index contributed by atoms with van der Waals surface area (Å²) < 4.78 is 0. The number of carbonyl (C=O) groups is 1. The van der Waals surface area contributed by atoms with Crippen molar-refractivity contribution in [3.8, 4) is 0 Å². The van der Waals surface area contributed by atoms with E-state index in [2.05, 4.69) is 25.2 Å². The molecule has 0 aliphatic carbocycles. The van der Waals surface area contributed by atoms with Gasteiger partial charge in [0.15, 0.2) is 0 Å². The lowest BCUT2D eigenvalue weighted by molar-refractivity contribution is 0.0697. The van der Waals surface area contributed by atoms with Crippen molar-refractivity contribution in [2.24, 2.45) is 0 Å². The van der Waals surface area contributed by atoms with Crippen LogP contribution in [0.5, 0.6) is 0 Å². The molecule has 0 bridgehead atoms. The zero-order valence-electron chi connectivity index (χ0n) is 11.3. The Bertz CT molecular complexity index is 633. The molecule has 2 aromatic carbocycles. The van der Waals surface area contributed by atoms with Crippen LogP contribution in [0.2, 0.25) is 0 Å². The second-order valence-corrected chi connectivity index (χ2v) is 4.76. The van der Waals surface area contributed by atoms with Crippen LogP contribution in [0, 0.1) is 20.8 Å². The van der Waals surface area contributed by atoms with Gasteiger partial charge < -0.3 is 10.4 Å². The van der Waals surface area contributed by atoms with Gasteiger partial charge in [0.05, 0.1) is 5.56 Å². The largest absolute Gasteiger partial charge is 0.478 e. The number of hydrogen-bond donors (Lipinski definition) is 2. The Labute approximate surface area is 112 Å². The standard InChI is InChI=1S/C16H17NO2/c1-10-5-7-14(8-12(10)3)17-15-9-13(16(18)19)6-4-11(15)2/h4-9,17H,1-3H3,(H,18,19). The Balaban J connectivity index is 2.34. The molecule has 0 saturated heterocycles. The van der Waals surface area contributed by atoms with Crippen LogP contribution in [0.4, 0.5) is 11.4 Å². The second-order valence-electron chi connectivity index (χ2n) is 4.76. The highest BCUT2D eigenvalue weighted by Gasteiger charge is 2.06. The Kier molecular flexibility index (Phi) is 3.56. The van der Waals surface area contributed by atoms with Gasteiger partial charge in [0, 0.05) is 11.4 Å². The molecule has 3 nitrogen and oxygen atoms in total. The molecule has 2 aromatic rings. The van der Waals surface area contributed by atoms with Gasteiger partial charge in [-0.3, -0.25) is 0 Å². The fourth-order valence-corrected chi connectivity index (χ4v) is 1.86. The van der Waals surface area contributed by atoms with Crippen molar-refractivity contribution in [1.82, 2.24) is 0 Å². The topological polar surface area (TPSA) is 49.3 Å². The van der Waals surface area contributed by atoms with E-state index in [0.29, 0.717) is 0 Å². The number of rotatable bonds is 3. The lowest BCUT2D eigenvalue weighted by atomic mass is 10.1. The smallest absolute Gasteiger partial charge is 0.335 e. The molecule has 3 heteroatoms. The van der Waals surface area contributed by atoms with E-state index < -0.39 is 5.97 Å². The Morgan fingerprint density at radius 3 is 2.26 bits per heavy atom. The average molecular weight is 255 g/mol. The molecule has 19 heavy (non-hydrogen) atoms. The van der Waals surface area contributed by atoms with Crippen LogP contribution < -0.4 is 5.32 Å². The molecule has 0 fully saturated rings. The van der Waals surface area contributed by atoms with Gasteiger partial charge in [0.2, 0.25) is 0 Å². The maximum absolute atomic E-state index is 11.0. The lowest BCUT2D eigenvalue weighted by Gasteiger charge is -2.12. The van der Waals surface area contributed by atoms with E-state index in [-0.39, 0.29) is 5.56 Å². The number of aryl methyl sites for hydroxylation is 3. The highest BCUT2D eigenvalue weighted by atomic mass is 16.4. The summed E-state index contributed by atoms with van der Waals surface area (Å²) in [6, 6.07) is 11.2. The third-order valence-corrected chi connectivity index (χ3v) is 3.27. The Hall–Kier alpha value is -2.29. The van der Waals surface area contributed by atoms with Gasteiger partial charge in [-0.25, -0.2) is 4.79 Å². The average Bonchev–Trinajstić information content (AvgIpc) is 2.36. The number of carboxylic acid groups (broad SMARTS) is 1. The second kappa shape index (κ2) is 5.14. The molecule has 2 rings (SSSR count). The van der Waals surface area contributed by atoms with Crippen LogP contribution in [-0.2, 0) is 0 Å². The van der Waals surface area contributed by atoms with Crippen molar-refractivity contribution >= 4 is 17.3 Å². The molecule has 0 amide bonds. The molecule has 0 atom stereocenters. The molecule has 0 aliphatic heterocycles. The quantitative estimate of drug-likeness (QED) is 0.869. The molecular formula is C16H17NO2. The predicted octanol–water partition coefficient (Wildman–Crippen LogP) is 4.05. The summed E-state index contributed by atoms with van der Waals surface area (Å²) in [6.07, 6.45) is 0. The number of anilines is 2. The minimum atomic E-state index is -0.914. The summed E-state index contributed by atoms with van der Waals surface area (Å²) in [4.78, 5) is 11.0. The highest BCUT2D eigenvalue weighted by molar-refractivity contribution is 5.89. The van der Waals surface area contributed by atoms with Crippen molar-refractivity contribution in [2.75, 3.05) is 5.32 Å². The summed E-state index contributed by atoms with van der Waals surface area (Å²) in [5.74, 6) is -0.914. The SMILES string of the molecule is Cc1ccc(Nc2cc(C(=O)O)ccc2C)cc1C. The summed E-state index contributed by atoms with van der Waals surface area (Å²) in [5.41, 5.74) is 5.54. The number of benzene rings is 2. The van der Waals surface area contributed by atoms with Crippen LogP contribution >= 0.6 is 0 Å². The van der Waals surface area contributed by atoms with E-state index in [9.17, 15) is 4.79 Å². The van der Waals surface area contributed by atoms with Crippen molar-refractivity contribution in [1.29, 1.82) is 0 Å². The highest BCUT2D eigenvalue weighted by Crippen LogP contribution is 2.23. The molecule has 0 spiro atoms. The first-order chi connectivity index (χ1) is 8.97. The Morgan fingerprint density at radius 2 is 1.63 bits per heavy atom. The van der Waals surface area contributed by atoms with E-state index in [1.807, 2.05) is 25.1 Å². The maximum atomic E-state index is 11.0. The summed E-state index contributed by atoms with van der Waals surface area (Å²) in [5, 5.41) is 12.3. The molecule has 0 saturated carbocycles. The molecule has 98 valence electrons. The van der Waals surface area contributed by atoms with Gasteiger partial charge in [0.25, 0.3) is 0 Å². The lowest BCUT2D eigenvalue weighted by Crippen LogP contribution is -2.00. The predicted molar refractivity (Wildman–Crippen MR) is 77.3 cm³/mol. The number of hydrogen-bond acceptors (Lipinski definition) is 2. The zero-order valence-corrected chi connectivity index (χ0v) is 11.3. The van der Waals surface area contributed by atoms with E-state index in [4.69, 9.17) is 5.11 Å². The van der Waals surface area contributed by atoms with Crippen LogP contribution in [0.25, 0.3) is 0 Å². The van der Waals surface area contributed by atoms with Crippen molar-refractivity contribution in [2.45, 2.75) is 20.8 Å². The molecule has 0 aliphatic rings. The third kappa shape index (κ3) is 2.94. The van der Waals surface area contributed by atoms with E-state index in [0.717, 1.165) is 16.9 Å². The van der Waals surface area contributed by atoms with Gasteiger partial charge in [-0.05, 0) is 61.7 Å². The minimum absolute atomic E-state index is 0.289. The van der Waals surface area contributed by atoms with Crippen LogP contribution in [0.3, 0.4) is 0 Å². The molecular weight excluding hydrogens is 238 g/mol. The Morgan fingerprint density at radius 1 is 0.947 bits per heavy atom. The van der Waals surface area contributed by atoms with E-state index >= 15 is 0 Å². The van der Waals surface area contributed by atoms with Gasteiger partial charge in [-0.2, -0.15) is 0 Å². The molecule has 0 aromatic heterocycles. The van der Waals surface area contributed by atoms with Gasteiger partial charge in [-0.15, -0.1) is 0 Å². The first-order valence-corrected chi connectivity index (χ1v) is 6.15. The van der Waals surface area contributed by atoms with Gasteiger partial charge >= 0.3 is 5.97 Å². The molecule has 0 heterocycles. The molecule has 0 radical (unpaired) electrons. The number of aromatic carboxylic acids is 1. The van der Waals surface area contributed by atoms with Crippen molar-refractivity contribution < 1.29 is 9.90 Å². The van der Waals surface area contributed by atoms with Crippen LogP contribution in [0.1, 0.15) is 27.0 Å². The number of nitrogens with one attached hydrogen (secondary N) is 1. The van der Waals surface area contributed by atoms with E-state index in [1.165, 1.54) is 11.1 Å². The van der Waals surface area contributed by atoms with E-state index in [1.54, 1.807) is 12.1 Å². The monoisotopic (exact) mass is 255 g/mol. The summed E-state index contributed by atoms with van der Waals surface area (Å²) in [7, 11) is 0. The number of carboxylic acids is 1. The summed E-state index contributed by atoms with van der Waals surface area (Å²) in [6.45, 7) is 6.07. The maximum Gasteiger partial charge on any atom is 0.335 e. The van der Waals surface area contributed by atoms with Gasteiger partial charge in [0.1, 0.15) is 0 Å². The third-order valence-electron chi connectivity index (χ3n) is 3.27. The summed E-state index contributed by atoms with van der Waals surface area (Å²) >= 11 is 0. The fraction of sp³-hybridized carbons (Fsp3) is 0.188. The van der Waals surface area contributed by atoms with Crippen LogP contribution in [-0.4, -0.2) is 11.1 Å². The van der Waals surface area contributed by atoms with Crippen molar-refractivity contribution in [3.63, 3.8) is 0 Å². The van der Waals surface area contributed by atoms with Crippen LogP contribution in [0.15, 0.2) is 36.4 Å². The molecule has 2 N–H and O–H groups in total. The molecule has 0 unspecified atom stereocenters.